The van der Waals surface area contributed by atoms with Crippen LogP contribution >= 0.6 is 0 Å². The number of carbonyl (C=O) groups is 1. The van der Waals surface area contributed by atoms with Crippen molar-refractivity contribution in [2.75, 3.05) is 7.05 Å². The van der Waals surface area contributed by atoms with Crippen LogP contribution in [0.4, 0.5) is 0 Å². The lowest BCUT2D eigenvalue weighted by molar-refractivity contribution is -0.116. The van der Waals surface area contributed by atoms with Crippen molar-refractivity contribution >= 4 is 5.91 Å². The van der Waals surface area contributed by atoms with Crippen LogP contribution in [-0.4, -0.2) is 13.0 Å². The van der Waals surface area contributed by atoms with Gasteiger partial charge in [0.2, 0.25) is 5.91 Å². The Labute approximate surface area is 103 Å². The quantitative estimate of drug-likeness (QED) is 0.453. The molecule has 1 aromatic rings. The summed E-state index contributed by atoms with van der Waals surface area (Å²) in [5, 5.41) is 2.53. The van der Waals surface area contributed by atoms with Crippen molar-refractivity contribution in [2.45, 2.75) is 19.3 Å². The third kappa shape index (κ3) is 6.36. The lowest BCUT2D eigenvalue weighted by Crippen LogP contribution is -2.13. The Morgan fingerprint density at radius 2 is 2.00 bits per heavy atom. The highest BCUT2D eigenvalue weighted by molar-refractivity contribution is 5.87. The van der Waals surface area contributed by atoms with E-state index in [9.17, 15) is 4.79 Å². The summed E-state index contributed by atoms with van der Waals surface area (Å²) in [5.41, 5.74) is 1.38. The molecular formula is C15H19NO. The van der Waals surface area contributed by atoms with Gasteiger partial charge in [-0.3, -0.25) is 4.79 Å². The summed E-state index contributed by atoms with van der Waals surface area (Å²) in [7, 11) is 1.62. The van der Waals surface area contributed by atoms with Gasteiger partial charge in [0.15, 0.2) is 0 Å². The first kappa shape index (κ1) is 13.2. The van der Waals surface area contributed by atoms with Crippen molar-refractivity contribution in [1.29, 1.82) is 0 Å². The number of carbonyl (C=O) groups excluding carboxylic acids is 1. The smallest absolute Gasteiger partial charge is 0.243 e. The fourth-order valence-electron chi connectivity index (χ4n) is 1.47. The molecule has 0 fully saturated rings. The molecule has 1 amide bonds. The first-order chi connectivity index (χ1) is 8.33. The third-order valence-corrected chi connectivity index (χ3v) is 2.42. The van der Waals surface area contributed by atoms with E-state index in [1.165, 1.54) is 11.6 Å². The van der Waals surface area contributed by atoms with Gasteiger partial charge in [-0.15, -0.1) is 0 Å². The molecule has 1 N–H and O–H groups in total. The summed E-state index contributed by atoms with van der Waals surface area (Å²) in [6.07, 6.45) is 10.6. The molecule has 2 nitrogen and oxygen atoms in total. The van der Waals surface area contributed by atoms with Gasteiger partial charge in [0.05, 0.1) is 0 Å². The standard InChI is InChI=1S/C15H19NO/c1-16-15(17)13-9-4-2-3-6-10-14-11-7-5-8-12-14/h2,4-5,7-9,11-13H,3,6,10H2,1H3,(H,16,17)/b4-2+,13-9+. The van der Waals surface area contributed by atoms with Gasteiger partial charge in [-0.2, -0.15) is 0 Å². The van der Waals surface area contributed by atoms with Crippen molar-refractivity contribution in [2.24, 2.45) is 0 Å². The second-order valence-electron chi connectivity index (χ2n) is 3.78. The predicted octanol–water partition coefficient (Wildman–Crippen LogP) is 2.87. The van der Waals surface area contributed by atoms with Crippen molar-refractivity contribution in [3.8, 4) is 0 Å². The van der Waals surface area contributed by atoms with Gasteiger partial charge in [0.1, 0.15) is 0 Å². The van der Waals surface area contributed by atoms with Gasteiger partial charge < -0.3 is 5.32 Å². The molecule has 0 aliphatic carbocycles. The molecule has 1 aromatic carbocycles. The van der Waals surface area contributed by atoms with Gasteiger partial charge >= 0.3 is 0 Å². The molecule has 0 aliphatic rings. The van der Waals surface area contributed by atoms with Gasteiger partial charge in [0.25, 0.3) is 0 Å². The zero-order valence-corrected chi connectivity index (χ0v) is 10.2. The number of unbranched alkanes of at least 4 members (excludes halogenated alkanes) is 1. The zero-order chi connectivity index (χ0) is 12.3. The van der Waals surface area contributed by atoms with E-state index in [1.54, 1.807) is 13.1 Å². The highest BCUT2D eigenvalue weighted by atomic mass is 16.1. The minimum Gasteiger partial charge on any atom is -0.356 e. The van der Waals surface area contributed by atoms with Crippen LogP contribution in [0.3, 0.4) is 0 Å². The molecule has 0 atom stereocenters. The zero-order valence-electron chi connectivity index (χ0n) is 10.2. The van der Waals surface area contributed by atoms with Crippen molar-refractivity contribution in [3.63, 3.8) is 0 Å². The Morgan fingerprint density at radius 1 is 1.24 bits per heavy atom. The molecule has 17 heavy (non-hydrogen) atoms. The highest BCUT2D eigenvalue weighted by Crippen LogP contribution is 2.04. The van der Waals surface area contributed by atoms with E-state index in [2.05, 4.69) is 35.7 Å². The summed E-state index contributed by atoms with van der Waals surface area (Å²) in [6, 6.07) is 10.5. The van der Waals surface area contributed by atoms with E-state index in [0.29, 0.717) is 0 Å². The maximum atomic E-state index is 10.9. The normalized spacial score (nSPS) is 11.1. The molecule has 0 aromatic heterocycles. The second kappa shape index (κ2) is 8.34. The van der Waals surface area contributed by atoms with E-state index in [0.717, 1.165) is 19.3 Å². The summed E-state index contributed by atoms with van der Waals surface area (Å²) in [6.45, 7) is 0. The summed E-state index contributed by atoms with van der Waals surface area (Å²) in [4.78, 5) is 10.9. The Morgan fingerprint density at radius 3 is 2.71 bits per heavy atom. The van der Waals surface area contributed by atoms with Gasteiger partial charge in [-0.05, 0) is 24.8 Å². The van der Waals surface area contributed by atoms with Crippen LogP contribution in [0.15, 0.2) is 54.6 Å². The topological polar surface area (TPSA) is 29.1 Å². The van der Waals surface area contributed by atoms with Gasteiger partial charge in [0, 0.05) is 13.1 Å². The van der Waals surface area contributed by atoms with E-state index < -0.39 is 0 Å². The van der Waals surface area contributed by atoms with E-state index in [-0.39, 0.29) is 5.91 Å². The van der Waals surface area contributed by atoms with Crippen molar-refractivity contribution < 1.29 is 4.79 Å². The lowest BCUT2D eigenvalue weighted by Gasteiger charge is -1.97. The predicted molar refractivity (Wildman–Crippen MR) is 71.7 cm³/mol. The van der Waals surface area contributed by atoms with Crippen LogP contribution in [-0.2, 0) is 11.2 Å². The molecule has 0 unspecified atom stereocenters. The molecule has 0 radical (unpaired) electrons. The molecule has 2 heteroatoms. The SMILES string of the molecule is CNC(=O)/C=C/C=C/CCCc1ccccc1. The average molecular weight is 229 g/mol. The Bertz CT molecular complexity index is 379. The van der Waals surface area contributed by atoms with Crippen LogP contribution in [0.5, 0.6) is 0 Å². The van der Waals surface area contributed by atoms with Crippen molar-refractivity contribution in [3.05, 3.63) is 60.2 Å². The second-order valence-corrected chi connectivity index (χ2v) is 3.78. The minimum atomic E-state index is -0.0704. The number of amides is 1. The number of aryl methyl sites for hydroxylation is 1. The Balaban J connectivity index is 2.14. The van der Waals surface area contributed by atoms with Crippen molar-refractivity contribution in [1.82, 2.24) is 5.32 Å². The third-order valence-electron chi connectivity index (χ3n) is 2.42. The molecule has 0 heterocycles. The van der Waals surface area contributed by atoms with E-state index in [4.69, 9.17) is 0 Å². The number of allylic oxidation sites excluding steroid dienone is 3. The number of nitrogens with one attached hydrogen (secondary N) is 1. The first-order valence-corrected chi connectivity index (χ1v) is 5.92. The molecular weight excluding hydrogens is 210 g/mol. The molecule has 0 saturated carbocycles. The maximum absolute atomic E-state index is 10.9. The monoisotopic (exact) mass is 229 g/mol. The number of hydrogen-bond acceptors (Lipinski definition) is 1. The Kier molecular flexibility index (Phi) is 6.49. The number of rotatable bonds is 6. The fourth-order valence-corrected chi connectivity index (χ4v) is 1.47. The molecule has 0 spiro atoms. The summed E-state index contributed by atoms with van der Waals surface area (Å²) < 4.78 is 0. The molecule has 1 rings (SSSR count). The summed E-state index contributed by atoms with van der Waals surface area (Å²) >= 11 is 0. The lowest BCUT2D eigenvalue weighted by atomic mass is 10.1. The number of hydrogen-bond donors (Lipinski definition) is 1. The fraction of sp³-hybridized carbons (Fsp3) is 0.267. The number of likely N-dealkylation sites (N-methyl/N-ethyl adjacent to an activating group) is 1. The van der Waals surface area contributed by atoms with Crippen LogP contribution in [0.2, 0.25) is 0 Å². The maximum Gasteiger partial charge on any atom is 0.243 e. The van der Waals surface area contributed by atoms with Gasteiger partial charge in [-0.25, -0.2) is 0 Å². The van der Waals surface area contributed by atoms with Crippen LogP contribution in [0.1, 0.15) is 18.4 Å². The molecule has 0 bridgehead atoms. The summed E-state index contributed by atoms with van der Waals surface area (Å²) in [5.74, 6) is -0.0704. The first-order valence-electron chi connectivity index (χ1n) is 5.92. The number of benzene rings is 1. The largest absolute Gasteiger partial charge is 0.356 e. The Hall–Kier alpha value is -1.83. The highest BCUT2D eigenvalue weighted by Gasteiger charge is 1.89. The molecule has 90 valence electrons. The van der Waals surface area contributed by atoms with E-state index >= 15 is 0 Å². The molecule has 0 aliphatic heterocycles. The minimum absolute atomic E-state index is 0.0704. The van der Waals surface area contributed by atoms with Crippen LogP contribution < -0.4 is 5.32 Å². The van der Waals surface area contributed by atoms with Crippen LogP contribution in [0.25, 0.3) is 0 Å². The van der Waals surface area contributed by atoms with Gasteiger partial charge in [-0.1, -0.05) is 48.6 Å². The molecule has 0 saturated heterocycles. The van der Waals surface area contributed by atoms with E-state index in [1.807, 2.05) is 12.1 Å². The van der Waals surface area contributed by atoms with Crippen LogP contribution in [0, 0.1) is 0 Å². The average Bonchev–Trinajstić information content (AvgIpc) is 2.38.